The molecule has 4 heteroatoms. The van der Waals surface area contributed by atoms with E-state index in [0.29, 0.717) is 18.3 Å². The highest BCUT2D eigenvalue weighted by Gasteiger charge is 2.43. The fourth-order valence-electron chi connectivity index (χ4n) is 4.15. The van der Waals surface area contributed by atoms with E-state index in [1.54, 1.807) is 0 Å². The van der Waals surface area contributed by atoms with E-state index in [2.05, 4.69) is 44.4 Å². The molecule has 0 aliphatic carbocycles. The highest BCUT2D eigenvalue weighted by molar-refractivity contribution is 4.97. The van der Waals surface area contributed by atoms with Crippen molar-refractivity contribution in [2.24, 2.45) is 0 Å². The van der Waals surface area contributed by atoms with Gasteiger partial charge in [-0.1, -0.05) is 0 Å². The van der Waals surface area contributed by atoms with Gasteiger partial charge in [0.25, 0.3) is 0 Å². The molecule has 0 aromatic carbocycles. The first-order valence-electron chi connectivity index (χ1n) is 9.03. The number of fused-ring (bicyclic) bond motifs is 2. The van der Waals surface area contributed by atoms with Gasteiger partial charge in [0.15, 0.2) is 0 Å². The number of ether oxygens (including phenoxy) is 2. The zero-order valence-electron chi connectivity index (χ0n) is 15.1. The van der Waals surface area contributed by atoms with Crippen molar-refractivity contribution in [2.75, 3.05) is 32.8 Å². The fourth-order valence-corrected chi connectivity index (χ4v) is 4.15. The van der Waals surface area contributed by atoms with Crippen molar-refractivity contribution in [3.63, 3.8) is 0 Å². The second-order valence-corrected chi connectivity index (χ2v) is 8.77. The predicted octanol–water partition coefficient (Wildman–Crippen LogP) is 2.52. The van der Waals surface area contributed by atoms with Gasteiger partial charge in [-0.05, 0) is 47.5 Å². The van der Waals surface area contributed by atoms with Gasteiger partial charge in [0.2, 0.25) is 0 Å². The third-order valence-electron chi connectivity index (χ3n) is 6.06. The van der Waals surface area contributed by atoms with E-state index < -0.39 is 0 Å². The third-order valence-corrected chi connectivity index (χ3v) is 6.06. The minimum absolute atomic E-state index is 0.254. The molecule has 4 aliphatic rings. The van der Waals surface area contributed by atoms with E-state index in [4.69, 9.17) is 9.47 Å². The Labute approximate surface area is 136 Å². The molecule has 0 aromatic heterocycles. The van der Waals surface area contributed by atoms with Crippen LogP contribution >= 0.6 is 0 Å². The smallest absolute Gasteiger partial charge is 0.0731 e. The summed E-state index contributed by atoms with van der Waals surface area (Å²) < 4.78 is 11.5. The normalized spacial score (nSPS) is 34.5. The zero-order valence-corrected chi connectivity index (χ0v) is 15.1. The molecule has 0 radical (unpaired) electrons. The van der Waals surface area contributed by atoms with Crippen molar-refractivity contribution in [2.45, 2.75) is 83.3 Å². The number of nitrogens with zero attached hydrogens (tertiary/aromatic N) is 2. The van der Waals surface area contributed by atoms with Crippen molar-refractivity contribution >= 4 is 0 Å². The number of hydrogen-bond donors (Lipinski definition) is 0. The molecule has 4 aliphatic heterocycles. The molecule has 0 saturated carbocycles. The summed E-state index contributed by atoms with van der Waals surface area (Å²) in [6.45, 7) is 17.1. The van der Waals surface area contributed by atoms with E-state index in [9.17, 15) is 0 Å². The van der Waals surface area contributed by atoms with E-state index in [0.717, 1.165) is 32.8 Å². The lowest BCUT2D eigenvalue weighted by molar-refractivity contribution is -0.198. The summed E-state index contributed by atoms with van der Waals surface area (Å²) >= 11 is 0. The monoisotopic (exact) mass is 310 g/mol. The Hall–Kier alpha value is -0.160. The van der Waals surface area contributed by atoms with E-state index in [1.165, 1.54) is 19.3 Å². The summed E-state index contributed by atoms with van der Waals surface area (Å²) in [7, 11) is 0. The van der Waals surface area contributed by atoms with Crippen LogP contribution in [0.15, 0.2) is 0 Å². The lowest BCUT2D eigenvalue weighted by Crippen LogP contribution is -2.63. The maximum Gasteiger partial charge on any atom is 0.0731 e. The minimum atomic E-state index is 0.254. The van der Waals surface area contributed by atoms with Crippen LogP contribution < -0.4 is 0 Å². The molecule has 4 heterocycles. The van der Waals surface area contributed by atoms with Gasteiger partial charge in [-0.2, -0.15) is 0 Å². The first kappa shape index (κ1) is 16.7. The van der Waals surface area contributed by atoms with Crippen LogP contribution in [0.4, 0.5) is 0 Å². The van der Waals surface area contributed by atoms with Crippen LogP contribution in [0.3, 0.4) is 0 Å². The molecule has 0 spiro atoms. The van der Waals surface area contributed by atoms with Crippen molar-refractivity contribution in [3.8, 4) is 0 Å². The molecule has 4 nitrogen and oxygen atoms in total. The molecule has 0 amide bonds. The number of hydrogen-bond acceptors (Lipinski definition) is 4. The van der Waals surface area contributed by atoms with Crippen LogP contribution in [0.5, 0.6) is 0 Å². The molecule has 4 fully saturated rings. The second kappa shape index (κ2) is 6.04. The number of piperidine rings is 1. The number of rotatable bonds is 5. The second-order valence-electron chi connectivity index (χ2n) is 8.77. The van der Waals surface area contributed by atoms with Gasteiger partial charge in [-0.3, -0.25) is 9.80 Å². The predicted molar refractivity (Wildman–Crippen MR) is 89.2 cm³/mol. The molecular weight excluding hydrogens is 276 g/mol. The summed E-state index contributed by atoms with van der Waals surface area (Å²) in [4.78, 5) is 5.28. The van der Waals surface area contributed by atoms with Gasteiger partial charge in [0.05, 0.1) is 24.9 Å². The van der Waals surface area contributed by atoms with Crippen LogP contribution in [-0.2, 0) is 9.47 Å². The van der Waals surface area contributed by atoms with Crippen molar-refractivity contribution in [3.05, 3.63) is 0 Å². The summed E-state index contributed by atoms with van der Waals surface area (Å²) in [5.74, 6) is 0. The molecule has 0 N–H and O–H groups in total. The lowest BCUT2D eigenvalue weighted by Gasteiger charge is -2.53. The quantitative estimate of drug-likeness (QED) is 0.779. The Kier molecular flexibility index (Phi) is 4.59. The van der Waals surface area contributed by atoms with Gasteiger partial charge in [-0.25, -0.2) is 0 Å². The highest BCUT2D eigenvalue weighted by atomic mass is 16.5. The molecular formula is C18H34N2O2. The molecule has 4 saturated heterocycles. The van der Waals surface area contributed by atoms with Crippen LogP contribution in [0.1, 0.15) is 53.9 Å². The zero-order chi connectivity index (χ0) is 16.0. The lowest BCUT2D eigenvalue weighted by atomic mass is 9.84. The Morgan fingerprint density at radius 2 is 1.45 bits per heavy atom. The Balaban J connectivity index is 1.53. The molecule has 128 valence electrons. The highest BCUT2D eigenvalue weighted by Crippen LogP contribution is 2.35. The average Bonchev–Trinajstić information content (AvgIpc) is 2.45. The molecule has 22 heavy (non-hydrogen) atoms. The third kappa shape index (κ3) is 3.50. The van der Waals surface area contributed by atoms with Crippen LogP contribution in [-0.4, -0.2) is 72.0 Å². The SMILES string of the molecule is C[C@H]1CN(C(C)(C)CCC(C)(C)N2CC3CC(C2)O3)CCO1. The standard InChI is InChI=1S/C18H34N2O2/c1-14-11-19(8-9-21-14)17(2,3)6-7-18(4,5)20-12-15-10-16(13-20)22-15/h14-16H,6-13H2,1-5H3/t14-,15?,16?/m0/s1. The molecule has 2 unspecified atom stereocenters. The largest absolute Gasteiger partial charge is 0.376 e. The number of morpholine rings is 2. The Bertz CT molecular complexity index is 357. The minimum Gasteiger partial charge on any atom is -0.376 e. The fraction of sp³-hybridized carbons (Fsp3) is 1.00. The average molecular weight is 310 g/mol. The van der Waals surface area contributed by atoms with Crippen LogP contribution in [0.2, 0.25) is 0 Å². The van der Waals surface area contributed by atoms with Gasteiger partial charge in [0, 0.05) is 43.7 Å². The topological polar surface area (TPSA) is 24.9 Å². The van der Waals surface area contributed by atoms with Crippen molar-refractivity contribution in [1.82, 2.24) is 9.80 Å². The van der Waals surface area contributed by atoms with Gasteiger partial charge in [-0.15, -0.1) is 0 Å². The molecule has 4 rings (SSSR count). The van der Waals surface area contributed by atoms with Crippen molar-refractivity contribution < 1.29 is 9.47 Å². The summed E-state index contributed by atoms with van der Waals surface area (Å²) in [5.41, 5.74) is 0.528. The van der Waals surface area contributed by atoms with Gasteiger partial charge in [0.1, 0.15) is 0 Å². The first-order valence-corrected chi connectivity index (χ1v) is 9.03. The van der Waals surface area contributed by atoms with Gasteiger partial charge >= 0.3 is 0 Å². The van der Waals surface area contributed by atoms with Crippen molar-refractivity contribution in [1.29, 1.82) is 0 Å². The first-order chi connectivity index (χ1) is 10.3. The molecule has 0 aromatic rings. The summed E-state index contributed by atoms with van der Waals surface area (Å²) in [5, 5.41) is 0. The molecule has 3 atom stereocenters. The van der Waals surface area contributed by atoms with Gasteiger partial charge < -0.3 is 9.47 Å². The van der Waals surface area contributed by atoms with Crippen LogP contribution in [0, 0.1) is 0 Å². The molecule has 2 bridgehead atoms. The maximum atomic E-state index is 5.79. The Morgan fingerprint density at radius 3 is 2.00 bits per heavy atom. The van der Waals surface area contributed by atoms with E-state index in [-0.39, 0.29) is 11.1 Å². The Morgan fingerprint density at radius 1 is 0.909 bits per heavy atom. The maximum absolute atomic E-state index is 5.79. The van der Waals surface area contributed by atoms with E-state index >= 15 is 0 Å². The van der Waals surface area contributed by atoms with E-state index in [1.807, 2.05) is 0 Å². The van der Waals surface area contributed by atoms with Crippen LogP contribution in [0.25, 0.3) is 0 Å². The summed E-state index contributed by atoms with van der Waals surface area (Å²) in [6.07, 6.45) is 5.14. The summed E-state index contributed by atoms with van der Waals surface area (Å²) in [6, 6.07) is 0.